The lowest BCUT2D eigenvalue weighted by molar-refractivity contribution is -0.119. The minimum atomic E-state index is -0.495. The van der Waals surface area contributed by atoms with Crippen LogP contribution in [0.3, 0.4) is 0 Å². The molecule has 1 aromatic rings. The second kappa shape index (κ2) is 6.76. The van der Waals surface area contributed by atoms with Crippen molar-refractivity contribution >= 4 is 17.7 Å². The van der Waals surface area contributed by atoms with E-state index in [-0.39, 0.29) is 12.6 Å². The highest BCUT2D eigenvalue weighted by molar-refractivity contribution is 5.94. The van der Waals surface area contributed by atoms with Crippen LogP contribution in [0.25, 0.3) is 0 Å². The fourth-order valence-corrected chi connectivity index (χ4v) is 2.92. The molecule has 1 aromatic carbocycles. The van der Waals surface area contributed by atoms with E-state index in [1.54, 1.807) is 19.1 Å². The molecule has 2 rings (SSSR count). The van der Waals surface area contributed by atoms with Gasteiger partial charge in [-0.15, -0.1) is 0 Å². The Morgan fingerprint density at radius 1 is 1.26 bits per heavy atom. The minimum Gasteiger partial charge on any atom is -0.493 e. The van der Waals surface area contributed by atoms with Gasteiger partial charge in [0.2, 0.25) is 5.91 Å². The first-order chi connectivity index (χ1) is 10.9. The fourth-order valence-electron chi connectivity index (χ4n) is 2.92. The molecule has 1 heterocycles. The molecule has 2 N–H and O–H groups in total. The summed E-state index contributed by atoms with van der Waals surface area (Å²) in [5.74, 6) is 0.0213. The van der Waals surface area contributed by atoms with Crippen molar-refractivity contribution in [3.05, 3.63) is 17.7 Å². The number of hydrogen-bond donors (Lipinski definition) is 1. The molecule has 7 nitrogen and oxygen atoms in total. The first-order valence-electron chi connectivity index (χ1n) is 7.45. The van der Waals surface area contributed by atoms with Gasteiger partial charge in [0.25, 0.3) is 0 Å². The topological polar surface area (TPSA) is 91.1 Å². The zero-order valence-corrected chi connectivity index (χ0v) is 13.8. The Hall–Kier alpha value is -2.44. The van der Waals surface area contributed by atoms with E-state index in [4.69, 9.17) is 19.9 Å². The van der Waals surface area contributed by atoms with E-state index in [1.165, 1.54) is 19.1 Å². The molecule has 0 aromatic heterocycles. The number of primary amides is 1. The third-order valence-corrected chi connectivity index (χ3v) is 3.99. The summed E-state index contributed by atoms with van der Waals surface area (Å²) in [7, 11) is 3.02. The van der Waals surface area contributed by atoms with Crippen molar-refractivity contribution in [1.82, 2.24) is 0 Å². The molecule has 0 aliphatic carbocycles. The Labute approximate surface area is 135 Å². The summed E-state index contributed by atoms with van der Waals surface area (Å²) in [5.41, 5.74) is 6.74. The lowest BCUT2D eigenvalue weighted by Crippen LogP contribution is -2.45. The number of carbonyl (C=O) groups is 2. The molecule has 0 spiro atoms. The van der Waals surface area contributed by atoms with Gasteiger partial charge >= 0.3 is 6.09 Å². The number of rotatable bonds is 4. The standard InChI is InChI=1S/C16H22N2O5/c1-5-23-16(20)18-9(2)6-11(15(17)19)10-7-13(21-3)14(22-4)8-12(10)18/h7-9,11H,5-6H2,1-4H3,(H2,17,19)/t9-,11-/m0/s1. The fraction of sp³-hybridized carbons (Fsp3) is 0.500. The number of nitrogens with two attached hydrogens (primary N) is 1. The van der Waals surface area contributed by atoms with Crippen LogP contribution in [0.5, 0.6) is 11.5 Å². The van der Waals surface area contributed by atoms with E-state index in [9.17, 15) is 9.59 Å². The first kappa shape index (κ1) is 16.9. The SMILES string of the molecule is CCOC(=O)N1c2cc(OC)c(OC)cc2[C@@H](C(N)=O)C[C@@H]1C. The summed E-state index contributed by atoms with van der Waals surface area (Å²) in [6.07, 6.45) is -0.0345. The summed E-state index contributed by atoms with van der Waals surface area (Å²) in [5, 5.41) is 0. The minimum absolute atomic E-state index is 0.225. The summed E-state index contributed by atoms with van der Waals surface area (Å²) < 4.78 is 15.7. The molecule has 7 heteroatoms. The third kappa shape index (κ3) is 3.04. The van der Waals surface area contributed by atoms with Crippen molar-refractivity contribution in [3.63, 3.8) is 0 Å². The molecule has 1 aliphatic heterocycles. The molecule has 0 fully saturated rings. The van der Waals surface area contributed by atoms with E-state index in [2.05, 4.69) is 0 Å². The first-order valence-corrected chi connectivity index (χ1v) is 7.45. The molecule has 2 amide bonds. The van der Waals surface area contributed by atoms with Gasteiger partial charge in [0.1, 0.15) is 0 Å². The lowest BCUT2D eigenvalue weighted by Gasteiger charge is -2.37. The number of fused-ring (bicyclic) bond motifs is 1. The number of hydrogen-bond acceptors (Lipinski definition) is 5. The maximum atomic E-state index is 12.3. The predicted octanol–water partition coefficient (Wildman–Crippen LogP) is 2.03. The van der Waals surface area contributed by atoms with Crippen LogP contribution in [0, 0.1) is 0 Å². The highest BCUT2D eigenvalue weighted by Gasteiger charge is 2.38. The summed E-state index contributed by atoms with van der Waals surface area (Å²) in [6.45, 7) is 3.87. The zero-order chi connectivity index (χ0) is 17.1. The normalized spacial score (nSPS) is 19.7. The number of methoxy groups -OCH3 is 2. The van der Waals surface area contributed by atoms with Gasteiger partial charge in [-0.3, -0.25) is 9.69 Å². The van der Waals surface area contributed by atoms with Crippen LogP contribution in [0.2, 0.25) is 0 Å². The monoisotopic (exact) mass is 322 g/mol. The van der Waals surface area contributed by atoms with Crippen LogP contribution in [0.15, 0.2) is 12.1 Å². The van der Waals surface area contributed by atoms with Gasteiger partial charge in [-0.1, -0.05) is 0 Å². The van der Waals surface area contributed by atoms with E-state index in [1.807, 2.05) is 6.92 Å². The Morgan fingerprint density at radius 2 is 1.87 bits per heavy atom. The van der Waals surface area contributed by atoms with Crippen molar-refractivity contribution in [2.24, 2.45) is 5.73 Å². The Morgan fingerprint density at radius 3 is 2.39 bits per heavy atom. The van der Waals surface area contributed by atoms with Crippen molar-refractivity contribution < 1.29 is 23.8 Å². The molecule has 0 saturated carbocycles. The highest BCUT2D eigenvalue weighted by atomic mass is 16.6. The third-order valence-electron chi connectivity index (χ3n) is 3.99. The summed E-state index contributed by atoms with van der Waals surface area (Å²) >= 11 is 0. The van der Waals surface area contributed by atoms with Crippen LogP contribution < -0.4 is 20.1 Å². The number of ether oxygens (including phenoxy) is 3. The molecule has 0 unspecified atom stereocenters. The van der Waals surface area contributed by atoms with Gasteiger partial charge in [-0.05, 0) is 31.9 Å². The van der Waals surface area contributed by atoms with E-state index < -0.39 is 17.9 Å². The number of amides is 2. The van der Waals surface area contributed by atoms with Gasteiger partial charge in [0.05, 0.1) is 32.4 Å². The van der Waals surface area contributed by atoms with E-state index in [0.29, 0.717) is 29.2 Å². The molecular weight excluding hydrogens is 300 g/mol. The molecule has 1 aliphatic rings. The predicted molar refractivity (Wildman–Crippen MR) is 85.1 cm³/mol. The maximum Gasteiger partial charge on any atom is 0.414 e. The molecule has 2 atom stereocenters. The zero-order valence-electron chi connectivity index (χ0n) is 13.8. The van der Waals surface area contributed by atoms with Crippen LogP contribution in [0.4, 0.5) is 10.5 Å². The summed E-state index contributed by atoms with van der Waals surface area (Å²) in [4.78, 5) is 25.7. The summed E-state index contributed by atoms with van der Waals surface area (Å²) in [6, 6.07) is 3.15. The number of benzene rings is 1. The van der Waals surface area contributed by atoms with Gasteiger partial charge in [-0.2, -0.15) is 0 Å². The van der Waals surface area contributed by atoms with Crippen molar-refractivity contribution in [3.8, 4) is 11.5 Å². The Balaban J connectivity index is 2.62. The van der Waals surface area contributed by atoms with Crippen molar-refractivity contribution in [1.29, 1.82) is 0 Å². The molecule has 23 heavy (non-hydrogen) atoms. The molecule has 0 saturated heterocycles. The van der Waals surface area contributed by atoms with Gasteiger partial charge in [-0.25, -0.2) is 4.79 Å². The van der Waals surface area contributed by atoms with E-state index >= 15 is 0 Å². The second-order valence-corrected chi connectivity index (χ2v) is 5.37. The largest absolute Gasteiger partial charge is 0.493 e. The van der Waals surface area contributed by atoms with Gasteiger partial charge < -0.3 is 19.9 Å². The Kier molecular flexibility index (Phi) is 4.98. The highest BCUT2D eigenvalue weighted by Crippen LogP contribution is 2.44. The van der Waals surface area contributed by atoms with Crippen molar-refractivity contribution in [2.45, 2.75) is 32.2 Å². The quantitative estimate of drug-likeness (QED) is 0.916. The maximum absolute atomic E-state index is 12.3. The average molecular weight is 322 g/mol. The van der Waals surface area contributed by atoms with Crippen LogP contribution in [-0.4, -0.2) is 38.9 Å². The lowest BCUT2D eigenvalue weighted by atomic mass is 9.85. The molecule has 126 valence electrons. The smallest absolute Gasteiger partial charge is 0.414 e. The van der Waals surface area contributed by atoms with Crippen LogP contribution in [-0.2, 0) is 9.53 Å². The second-order valence-electron chi connectivity index (χ2n) is 5.37. The van der Waals surface area contributed by atoms with Gasteiger partial charge in [0.15, 0.2) is 11.5 Å². The Bertz CT molecular complexity index is 617. The van der Waals surface area contributed by atoms with Crippen molar-refractivity contribution in [2.75, 3.05) is 25.7 Å². The molecular formula is C16H22N2O5. The molecule has 0 radical (unpaired) electrons. The number of carbonyl (C=O) groups excluding carboxylic acids is 2. The van der Waals surface area contributed by atoms with Crippen LogP contribution in [0.1, 0.15) is 31.7 Å². The van der Waals surface area contributed by atoms with Crippen LogP contribution >= 0.6 is 0 Å². The van der Waals surface area contributed by atoms with E-state index in [0.717, 1.165) is 0 Å². The number of nitrogens with zero attached hydrogens (tertiary/aromatic N) is 1. The number of anilines is 1. The average Bonchev–Trinajstić information content (AvgIpc) is 2.52. The molecule has 0 bridgehead atoms. The van der Waals surface area contributed by atoms with Gasteiger partial charge in [0, 0.05) is 12.1 Å².